The van der Waals surface area contributed by atoms with Crippen molar-refractivity contribution in [1.82, 2.24) is 0 Å². The number of halogens is 1. The molecular formula is C15H10FNO2. The normalized spacial score (nSPS) is 10.8. The molecule has 4 heteroatoms. The quantitative estimate of drug-likeness (QED) is 0.679. The maximum absolute atomic E-state index is 13.7. The van der Waals surface area contributed by atoms with Crippen LogP contribution < -0.4 is 11.2 Å². The third kappa shape index (κ3) is 1.97. The minimum Gasteiger partial charge on any atom is -0.456 e. The molecule has 2 N–H and O–H groups in total. The van der Waals surface area contributed by atoms with E-state index in [0.717, 1.165) is 0 Å². The number of nitrogen functional groups attached to an aromatic ring is 1. The lowest BCUT2D eigenvalue weighted by molar-refractivity contribution is 0.594. The molecule has 2 aromatic carbocycles. The minimum atomic E-state index is -0.430. The van der Waals surface area contributed by atoms with Crippen molar-refractivity contribution >= 4 is 16.7 Å². The van der Waals surface area contributed by atoms with Crippen LogP contribution in [-0.2, 0) is 0 Å². The van der Waals surface area contributed by atoms with Crippen LogP contribution in [0.1, 0.15) is 0 Å². The molecule has 94 valence electrons. The van der Waals surface area contributed by atoms with Crippen LogP contribution in [0, 0.1) is 5.82 Å². The van der Waals surface area contributed by atoms with Gasteiger partial charge in [0.1, 0.15) is 17.2 Å². The van der Waals surface area contributed by atoms with Crippen molar-refractivity contribution in [3.63, 3.8) is 0 Å². The van der Waals surface area contributed by atoms with Gasteiger partial charge in [0.2, 0.25) is 0 Å². The maximum Gasteiger partial charge on any atom is 0.193 e. The summed E-state index contributed by atoms with van der Waals surface area (Å²) in [4.78, 5) is 12.0. The summed E-state index contributed by atoms with van der Waals surface area (Å²) in [7, 11) is 0. The Hall–Kier alpha value is -2.62. The van der Waals surface area contributed by atoms with Gasteiger partial charge in [0.25, 0.3) is 0 Å². The van der Waals surface area contributed by atoms with E-state index in [1.54, 1.807) is 36.4 Å². The average Bonchev–Trinajstić information content (AvgIpc) is 2.40. The monoisotopic (exact) mass is 255 g/mol. The minimum absolute atomic E-state index is 0.209. The summed E-state index contributed by atoms with van der Waals surface area (Å²) in [5.41, 5.74) is 6.52. The number of rotatable bonds is 1. The second-order valence-corrected chi connectivity index (χ2v) is 4.21. The molecule has 0 aliphatic heterocycles. The van der Waals surface area contributed by atoms with Crippen LogP contribution in [0.5, 0.6) is 0 Å². The predicted molar refractivity (Wildman–Crippen MR) is 72.3 cm³/mol. The first-order valence-electron chi connectivity index (χ1n) is 5.73. The van der Waals surface area contributed by atoms with Crippen LogP contribution in [0.4, 0.5) is 10.1 Å². The van der Waals surface area contributed by atoms with E-state index >= 15 is 0 Å². The summed E-state index contributed by atoms with van der Waals surface area (Å²) >= 11 is 0. The molecule has 0 saturated carbocycles. The number of nitrogens with two attached hydrogens (primary N) is 1. The van der Waals surface area contributed by atoms with E-state index in [4.69, 9.17) is 10.2 Å². The number of benzene rings is 2. The number of hydrogen-bond acceptors (Lipinski definition) is 3. The van der Waals surface area contributed by atoms with Gasteiger partial charge in [0.05, 0.1) is 10.9 Å². The molecule has 0 aliphatic carbocycles. The second-order valence-electron chi connectivity index (χ2n) is 4.21. The van der Waals surface area contributed by atoms with E-state index in [1.807, 2.05) is 0 Å². The van der Waals surface area contributed by atoms with Crippen LogP contribution in [0.3, 0.4) is 0 Å². The number of anilines is 1. The van der Waals surface area contributed by atoms with E-state index in [0.29, 0.717) is 16.7 Å². The van der Waals surface area contributed by atoms with Crippen LogP contribution in [0.2, 0.25) is 0 Å². The molecule has 0 aliphatic rings. The van der Waals surface area contributed by atoms with Gasteiger partial charge in [-0.25, -0.2) is 4.39 Å². The van der Waals surface area contributed by atoms with Crippen molar-refractivity contribution in [1.29, 1.82) is 0 Å². The predicted octanol–water partition coefficient (Wildman–Crippen LogP) is 3.18. The first kappa shape index (κ1) is 11.5. The van der Waals surface area contributed by atoms with E-state index < -0.39 is 5.82 Å². The summed E-state index contributed by atoms with van der Waals surface area (Å²) in [5, 5.41) is 0.389. The van der Waals surface area contributed by atoms with Gasteiger partial charge >= 0.3 is 0 Å². The molecule has 19 heavy (non-hydrogen) atoms. The van der Waals surface area contributed by atoms with Crippen LogP contribution in [0.15, 0.2) is 57.7 Å². The first-order chi connectivity index (χ1) is 9.15. The smallest absolute Gasteiger partial charge is 0.193 e. The summed E-state index contributed by atoms with van der Waals surface area (Å²) in [5.74, 6) is -0.221. The average molecular weight is 255 g/mol. The van der Waals surface area contributed by atoms with Crippen molar-refractivity contribution in [2.75, 3.05) is 5.73 Å². The largest absolute Gasteiger partial charge is 0.456 e. The molecule has 0 unspecified atom stereocenters. The van der Waals surface area contributed by atoms with E-state index in [9.17, 15) is 9.18 Å². The Labute approximate surface area is 108 Å². The molecule has 1 heterocycles. The molecule has 0 bridgehead atoms. The van der Waals surface area contributed by atoms with Crippen molar-refractivity contribution in [2.45, 2.75) is 0 Å². The lowest BCUT2D eigenvalue weighted by Crippen LogP contribution is -2.01. The van der Waals surface area contributed by atoms with Gasteiger partial charge in [-0.2, -0.15) is 0 Å². The summed E-state index contributed by atoms with van der Waals surface area (Å²) < 4.78 is 19.3. The molecule has 0 fully saturated rings. The zero-order valence-corrected chi connectivity index (χ0v) is 9.89. The lowest BCUT2D eigenvalue weighted by atomic mass is 10.1. The third-order valence-corrected chi connectivity index (χ3v) is 2.89. The molecule has 3 rings (SSSR count). The first-order valence-corrected chi connectivity index (χ1v) is 5.73. The van der Waals surface area contributed by atoms with Crippen LogP contribution >= 0.6 is 0 Å². The van der Waals surface area contributed by atoms with Gasteiger partial charge in [-0.3, -0.25) is 4.79 Å². The molecule has 3 nitrogen and oxygen atoms in total. The standard InChI is InChI=1S/C15H10FNO2/c16-12-4-2-1-3-10(12)15-8-13(18)11-7-9(17)5-6-14(11)19-15/h1-8H,17H2. The van der Waals surface area contributed by atoms with Crippen molar-refractivity contribution in [3.8, 4) is 11.3 Å². The Morgan fingerprint density at radius 2 is 1.84 bits per heavy atom. The Bertz CT molecular complexity index is 824. The Morgan fingerprint density at radius 3 is 2.63 bits per heavy atom. The molecule has 0 atom stereocenters. The second kappa shape index (κ2) is 4.24. The zero-order valence-electron chi connectivity index (χ0n) is 9.89. The Kier molecular flexibility index (Phi) is 2.56. The number of fused-ring (bicyclic) bond motifs is 1. The fourth-order valence-electron chi connectivity index (χ4n) is 1.97. The van der Waals surface area contributed by atoms with Gasteiger partial charge in [0.15, 0.2) is 5.43 Å². The molecular weight excluding hydrogens is 245 g/mol. The van der Waals surface area contributed by atoms with Crippen molar-refractivity contribution in [2.24, 2.45) is 0 Å². The summed E-state index contributed by atoms with van der Waals surface area (Å²) in [6, 6.07) is 12.2. The lowest BCUT2D eigenvalue weighted by Gasteiger charge is -2.04. The third-order valence-electron chi connectivity index (χ3n) is 2.89. The fourth-order valence-corrected chi connectivity index (χ4v) is 1.97. The fraction of sp³-hybridized carbons (Fsp3) is 0. The Balaban J connectivity index is 2.31. The van der Waals surface area contributed by atoms with Gasteiger partial charge in [-0.15, -0.1) is 0 Å². The highest BCUT2D eigenvalue weighted by atomic mass is 19.1. The van der Waals surface area contributed by atoms with Gasteiger partial charge in [0, 0.05) is 11.8 Å². The zero-order chi connectivity index (χ0) is 13.4. The molecule has 0 amide bonds. The van der Waals surface area contributed by atoms with E-state index in [-0.39, 0.29) is 16.8 Å². The SMILES string of the molecule is Nc1ccc2oc(-c3ccccc3F)cc(=O)c2c1. The number of hydrogen-bond donors (Lipinski definition) is 1. The molecule has 3 aromatic rings. The van der Waals surface area contributed by atoms with E-state index in [2.05, 4.69) is 0 Å². The molecule has 1 aromatic heterocycles. The van der Waals surface area contributed by atoms with Crippen molar-refractivity contribution < 1.29 is 8.81 Å². The summed E-state index contributed by atoms with van der Waals surface area (Å²) in [6.45, 7) is 0. The van der Waals surface area contributed by atoms with Crippen molar-refractivity contribution in [3.05, 3.63) is 64.6 Å². The summed E-state index contributed by atoms with van der Waals surface area (Å²) in [6.07, 6.45) is 0. The van der Waals surface area contributed by atoms with Gasteiger partial charge < -0.3 is 10.2 Å². The molecule has 0 saturated heterocycles. The maximum atomic E-state index is 13.7. The topological polar surface area (TPSA) is 56.2 Å². The van der Waals surface area contributed by atoms with E-state index in [1.165, 1.54) is 12.1 Å². The molecule has 0 radical (unpaired) electrons. The van der Waals surface area contributed by atoms with Gasteiger partial charge in [-0.1, -0.05) is 12.1 Å². The highest BCUT2D eigenvalue weighted by Gasteiger charge is 2.10. The molecule has 0 spiro atoms. The van der Waals surface area contributed by atoms with Gasteiger partial charge in [-0.05, 0) is 30.3 Å². The van der Waals surface area contributed by atoms with Crippen LogP contribution in [-0.4, -0.2) is 0 Å². The van der Waals surface area contributed by atoms with Crippen LogP contribution in [0.25, 0.3) is 22.3 Å². The Morgan fingerprint density at radius 1 is 1.05 bits per heavy atom. The highest BCUT2D eigenvalue weighted by molar-refractivity contribution is 5.81. The highest BCUT2D eigenvalue weighted by Crippen LogP contribution is 2.25.